The minimum Gasteiger partial charge on any atom is -0.493 e. The Labute approximate surface area is 151 Å². The number of piperidine rings is 1. The van der Waals surface area contributed by atoms with Crippen LogP contribution in [0.3, 0.4) is 0 Å². The van der Waals surface area contributed by atoms with Gasteiger partial charge in [-0.1, -0.05) is 0 Å². The van der Waals surface area contributed by atoms with Crippen molar-refractivity contribution in [3.8, 4) is 22.8 Å². The second-order valence-corrected chi connectivity index (χ2v) is 7.23. The lowest BCUT2D eigenvalue weighted by atomic mass is 9.99. The lowest BCUT2D eigenvalue weighted by molar-refractivity contribution is -0.120. The summed E-state index contributed by atoms with van der Waals surface area (Å²) in [7, 11) is 3.22. The number of aromatic nitrogens is 1. The van der Waals surface area contributed by atoms with E-state index in [4.69, 9.17) is 9.47 Å². The van der Waals surface area contributed by atoms with Crippen LogP contribution in [-0.4, -0.2) is 38.2 Å². The lowest BCUT2D eigenvalue weighted by Gasteiger charge is -2.21. The predicted molar refractivity (Wildman–Crippen MR) is 99.6 cm³/mol. The first-order chi connectivity index (χ1) is 12.1. The Morgan fingerprint density at radius 1 is 1.32 bits per heavy atom. The van der Waals surface area contributed by atoms with Crippen LogP contribution in [0.5, 0.6) is 11.5 Å². The van der Waals surface area contributed by atoms with Gasteiger partial charge in [-0.3, -0.25) is 4.79 Å². The molecule has 0 saturated carbocycles. The fourth-order valence-electron chi connectivity index (χ4n) is 2.98. The van der Waals surface area contributed by atoms with Gasteiger partial charge in [-0.05, 0) is 44.5 Å². The van der Waals surface area contributed by atoms with E-state index in [0.717, 1.165) is 42.1 Å². The average molecular weight is 361 g/mol. The smallest absolute Gasteiger partial charge is 0.230 e. The van der Waals surface area contributed by atoms with Gasteiger partial charge in [-0.25, -0.2) is 4.98 Å². The molecule has 0 spiro atoms. The summed E-state index contributed by atoms with van der Waals surface area (Å²) < 4.78 is 10.6. The molecule has 25 heavy (non-hydrogen) atoms. The van der Waals surface area contributed by atoms with Crippen LogP contribution >= 0.6 is 11.3 Å². The molecule has 1 aliphatic rings. The number of rotatable bonds is 5. The van der Waals surface area contributed by atoms with Gasteiger partial charge in [0.15, 0.2) is 16.6 Å². The average Bonchev–Trinajstić information content (AvgIpc) is 3.01. The van der Waals surface area contributed by atoms with E-state index < -0.39 is 0 Å². The maximum absolute atomic E-state index is 12.4. The molecule has 2 aromatic rings. The molecule has 7 heteroatoms. The van der Waals surface area contributed by atoms with Gasteiger partial charge in [0, 0.05) is 17.0 Å². The van der Waals surface area contributed by atoms with Crippen molar-refractivity contribution in [3.63, 3.8) is 0 Å². The number of amides is 1. The molecule has 0 aliphatic carbocycles. The van der Waals surface area contributed by atoms with Gasteiger partial charge >= 0.3 is 0 Å². The van der Waals surface area contributed by atoms with Crippen molar-refractivity contribution >= 4 is 22.4 Å². The first-order valence-electron chi connectivity index (χ1n) is 8.33. The van der Waals surface area contributed by atoms with Gasteiger partial charge in [0.2, 0.25) is 5.91 Å². The molecule has 1 saturated heterocycles. The Morgan fingerprint density at radius 3 is 2.80 bits per heavy atom. The van der Waals surface area contributed by atoms with Gasteiger partial charge in [-0.15, -0.1) is 11.3 Å². The predicted octanol–water partition coefficient (Wildman–Crippen LogP) is 3.07. The second-order valence-electron chi connectivity index (χ2n) is 6.03. The van der Waals surface area contributed by atoms with E-state index in [0.29, 0.717) is 16.6 Å². The molecule has 2 heterocycles. The van der Waals surface area contributed by atoms with Crippen LogP contribution in [0.1, 0.15) is 17.7 Å². The molecule has 1 unspecified atom stereocenters. The summed E-state index contributed by atoms with van der Waals surface area (Å²) in [5.74, 6) is 1.39. The van der Waals surface area contributed by atoms with Gasteiger partial charge in [-0.2, -0.15) is 0 Å². The van der Waals surface area contributed by atoms with Crippen LogP contribution in [0.15, 0.2) is 18.2 Å². The number of ether oxygens (including phenoxy) is 2. The molecule has 3 rings (SSSR count). The first kappa shape index (κ1) is 17.7. The Hall–Kier alpha value is -2.12. The maximum atomic E-state index is 12.4. The Kier molecular flexibility index (Phi) is 5.55. The summed E-state index contributed by atoms with van der Waals surface area (Å²) in [6.45, 7) is 3.73. The molecule has 6 nitrogen and oxygen atoms in total. The minimum absolute atomic E-state index is 0.0162. The number of carbonyl (C=O) groups excluding carboxylic acids is 1. The molecular formula is C18H23N3O3S. The van der Waals surface area contributed by atoms with Crippen molar-refractivity contribution in [1.29, 1.82) is 0 Å². The van der Waals surface area contributed by atoms with Crippen molar-refractivity contribution in [3.05, 3.63) is 23.1 Å². The fourth-order valence-corrected chi connectivity index (χ4v) is 3.82. The van der Waals surface area contributed by atoms with Crippen LogP contribution in [0.25, 0.3) is 11.3 Å². The van der Waals surface area contributed by atoms with Gasteiger partial charge in [0.1, 0.15) is 0 Å². The Balaban J connectivity index is 1.79. The Morgan fingerprint density at radius 2 is 2.12 bits per heavy atom. The normalized spacial score (nSPS) is 17.2. The van der Waals surface area contributed by atoms with Crippen LogP contribution in [0, 0.1) is 12.8 Å². The van der Waals surface area contributed by atoms with E-state index in [-0.39, 0.29) is 11.8 Å². The summed E-state index contributed by atoms with van der Waals surface area (Å²) in [5.41, 5.74) is 1.79. The van der Waals surface area contributed by atoms with Crippen molar-refractivity contribution in [2.45, 2.75) is 19.8 Å². The van der Waals surface area contributed by atoms with Crippen LogP contribution in [-0.2, 0) is 4.79 Å². The van der Waals surface area contributed by atoms with E-state index in [9.17, 15) is 4.79 Å². The molecule has 1 fully saturated rings. The number of nitrogens with one attached hydrogen (secondary N) is 2. The number of anilines is 1. The third kappa shape index (κ3) is 3.93. The highest BCUT2D eigenvalue weighted by atomic mass is 32.1. The van der Waals surface area contributed by atoms with Crippen LogP contribution in [0.4, 0.5) is 5.13 Å². The molecule has 1 aliphatic heterocycles. The number of methoxy groups -OCH3 is 2. The molecule has 134 valence electrons. The van der Waals surface area contributed by atoms with Gasteiger partial charge in [0.25, 0.3) is 0 Å². The number of carbonyl (C=O) groups is 1. The fraction of sp³-hybridized carbons (Fsp3) is 0.444. The summed E-state index contributed by atoms with van der Waals surface area (Å²) in [6.07, 6.45) is 1.96. The molecule has 0 radical (unpaired) electrons. The van der Waals surface area contributed by atoms with Crippen molar-refractivity contribution in [2.24, 2.45) is 5.92 Å². The topological polar surface area (TPSA) is 72.5 Å². The second kappa shape index (κ2) is 7.84. The molecule has 1 atom stereocenters. The van der Waals surface area contributed by atoms with E-state index in [1.165, 1.54) is 11.3 Å². The summed E-state index contributed by atoms with van der Waals surface area (Å²) >= 11 is 1.49. The monoisotopic (exact) mass is 361 g/mol. The SMILES string of the molecule is COc1ccc(-c2nc(NC(=O)C3CCCNC3)sc2C)cc1OC. The van der Waals surface area contributed by atoms with E-state index in [1.54, 1.807) is 14.2 Å². The number of hydrogen-bond acceptors (Lipinski definition) is 6. The summed E-state index contributed by atoms with van der Waals surface area (Å²) in [6, 6.07) is 5.70. The van der Waals surface area contributed by atoms with Crippen LogP contribution in [0.2, 0.25) is 0 Å². The van der Waals surface area contributed by atoms with Crippen molar-refractivity contribution in [1.82, 2.24) is 10.3 Å². The highest BCUT2D eigenvalue weighted by molar-refractivity contribution is 7.16. The molecule has 1 aromatic heterocycles. The quantitative estimate of drug-likeness (QED) is 0.856. The van der Waals surface area contributed by atoms with E-state index in [2.05, 4.69) is 15.6 Å². The third-order valence-corrected chi connectivity index (χ3v) is 5.24. The summed E-state index contributed by atoms with van der Waals surface area (Å²) in [5, 5.41) is 6.87. The Bertz CT molecular complexity index is 754. The molecule has 1 aromatic carbocycles. The summed E-state index contributed by atoms with van der Waals surface area (Å²) in [4.78, 5) is 18.0. The highest BCUT2D eigenvalue weighted by Gasteiger charge is 2.22. The number of aryl methyl sites for hydroxylation is 1. The number of nitrogens with zero attached hydrogens (tertiary/aromatic N) is 1. The minimum atomic E-state index is 0.0162. The lowest BCUT2D eigenvalue weighted by Crippen LogP contribution is -2.37. The number of benzene rings is 1. The molecular weight excluding hydrogens is 338 g/mol. The largest absolute Gasteiger partial charge is 0.493 e. The molecule has 1 amide bonds. The molecule has 2 N–H and O–H groups in total. The zero-order valence-electron chi connectivity index (χ0n) is 14.7. The number of thiazole rings is 1. The van der Waals surface area contributed by atoms with Crippen molar-refractivity contribution in [2.75, 3.05) is 32.6 Å². The van der Waals surface area contributed by atoms with E-state index >= 15 is 0 Å². The first-order valence-corrected chi connectivity index (χ1v) is 9.15. The van der Waals surface area contributed by atoms with Crippen molar-refractivity contribution < 1.29 is 14.3 Å². The maximum Gasteiger partial charge on any atom is 0.230 e. The third-order valence-electron chi connectivity index (χ3n) is 4.35. The van der Waals surface area contributed by atoms with E-state index in [1.807, 2.05) is 25.1 Å². The zero-order chi connectivity index (χ0) is 17.8. The van der Waals surface area contributed by atoms with Gasteiger partial charge in [0.05, 0.1) is 25.8 Å². The number of hydrogen-bond donors (Lipinski definition) is 2. The van der Waals surface area contributed by atoms with Crippen LogP contribution < -0.4 is 20.1 Å². The highest BCUT2D eigenvalue weighted by Crippen LogP contribution is 2.36. The molecule has 0 bridgehead atoms. The standard InChI is InChI=1S/C18H23N3O3S/c1-11-16(12-6-7-14(23-2)15(9-12)24-3)20-18(25-11)21-17(22)13-5-4-8-19-10-13/h6-7,9,13,19H,4-5,8,10H2,1-3H3,(H,20,21,22). The van der Waals surface area contributed by atoms with Gasteiger partial charge < -0.3 is 20.1 Å². The zero-order valence-corrected chi connectivity index (χ0v) is 15.5.